The Hall–Kier alpha value is -2.96. The number of esters is 1. The summed E-state index contributed by atoms with van der Waals surface area (Å²) in [7, 11) is 0. The first-order chi connectivity index (χ1) is 11.0. The molecule has 1 amide bonds. The number of benzene rings is 1. The third-order valence-electron chi connectivity index (χ3n) is 2.79. The summed E-state index contributed by atoms with van der Waals surface area (Å²) in [6, 6.07) is 11.2. The highest BCUT2D eigenvalue weighted by molar-refractivity contribution is 5.89. The van der Waals surface area contributed by atoms with Crippen molar-refractivity contribution in [1.82, 2.24) is 15.1 Å². The Bertz CT molecular complexity index is 753. The zero-order valence-corrected chi connectivity index (χ0v) is 12.9. The van der Waals surface area contributed by atoms with E-state index in [9.17, 15) is 14.4 Å². The van der Waals surface area contributed by atoms with Gasteiger partial charge in [0.1, 0.15) is 0 Å². The van der Waals surface area contributed by atoms with E-state index in [4.69, 9.17) is 4.74 Å². The molecule has 23 heavy (non-hydrogen) atoms. The molecule has 0 aliphatic rings. The van der Waals surface area contributed by atoms with Crippen molar-refractivity contribution in [1.29, 1.82) is 0 Å². The first-order valence-corrected chi connectivity index (χ1v) is 7.09. The summed E-state index contributed by atoms with van der Waals surface area (Å²) >= 11 is 0. The topological polar surface area (TPSA) is 90.3 Å². The van der Waals surface area contributed by atoms with E-state index in [1.165, 1.54) is 12.1 Å². The zero-order chi connectivity index (χ0) is 16.8. The lowest BCUT2D eigenvalue weighted by Gasteiger charge is -2.09. The molecule has 0 fully saturated rings. The van der Waals surface area contributed by atoms with Crippen LogP contribution >= 0.6 is 0 Å². The molecule has 7 heteroatoms. The predicted octanol–water partition coefficient (Wildman–Crippen LogP) is 0.914. The van der Waals surface area contributed by atoms with E-state index in [1.54, 1.807) is 44.2 Å². The molecule has 0 unspecified atom stereocenters. The summed E-state index contributed by atoms with van der Waals surface area (Å²) in [6.07, 6.45) is 0. The molecule has 1 heterocycles. The largest absolute Gasteiger partial charge is 0.451 e. The molecule has 7 nitrogen and oxygen atoms in total. The Morgan fingerprint density at radius 2 is 1.87 bits per heavy atom. The molecule has 0 saturated heterocycles. The van der Waals surface area contributed by atoms with E-state index < -0.39 is 18.5 Å². The van der Waals surface area contributed by atoms with Crippen molar-refractivity contribution >= 4 is 11.9 Å². The van der Waals surface area contributed by atoms with Crippen LogP contribution in [0.4, 0.5) is 0 Å². The number of carbonyl (C=O) groups is 2. The van der Waals surface area contributed by atoms with Crippen molar-refractivity contribution in [3.63, 3.8) is 0 Å². The van der Waals surface area contributed by atoms with Gasteiger partial charge >= 0.3 is 5.97 Å². The van der Waals surface area contributed by atoms with Gasteiger partial charge < -0.3 is 10.1 Å². The minimum absolute atomic E-state index is 0.0423. The maximum Gasteiger partial charge on any atom is 0.359 e. The van der Waals surface area contributed by atoms with Gasteiger partial charge in [-0.1, -0.05) is 18.2 Å². The molecular formula is C16H17N3O4. The summed E-state index contributed by atoms with van der Waals surface area (Å²) in [5.74, 6) is -1.17. The van der Waals surface area contributed by atoms with Crippen molar-refractivity contribution in [2.24, 2.45) is 0 Å². The van der Waals surface area contributed by atoms with Gasteiger partial charge in [0.25, 0.3) is 11.5 Å². The van der Waals surface area contributed by atoms with E-state index >= 15 is 0 Å². The quantitative estimate of drug-likeness (QED) is 0.828. The molecule has 0 radical (unpaired) electrons. The number of nitrogens with zero attached hydrogens (tertiary/aromatic N) is 2. The van der Waals surface area contributed by atoms with Gasteiger partial charge in [0.05, 0.1) is 5.69 Å². The molecule has 0 spiro atoms. The van der Waals surface area contributed by atoms with Crippen molar-refractivity contribution in [2.45, 2.75) is 19.9 Å². The number of aromatic nitrogens is 2. The standard InChI is InChI=1S/C16H17N3O4/c1-11(2)17-14(20)10-23-16(22)13-8-9-15(21)19(18-13)12-6-4-3-5-7-12/h3-9,11H,10H2,1-2H3,(H,17,20). The summed E-state index contributed by atoms with van der Waals surface area (Å²) in [6.45, 7) is 3.21. The van der Waals surface area contributed by atoms with Crippen LogP contribution < -0.4 is 10.9 Å². The van der Waals surface area contributed by atoms with Gasteiger partial charge in [-0.25, -0.2) is 4.79 Å². The summed E-state index contributed by atoms with van der Waals surface area (Å²) in [5.41, 5.74) is 0.112. The van der Waals surface area contributed by atoms with Crippen LogP contribution in [0.3, 0.4) is 0 Å². The second kappa shape index (κ2) is 7.35. The zero-order valence-electron chi connectivity index (χ0n) is 12.9. The van der Waals surface area contributed by atoms with Crippen LogP contribution in [-0.2, 0) is 9.53 Å². The van der Waals surface area contributed by atoms with E-state index in [1.807, 2.05) is 0 Å². The lowest BCUT2D eigenvalue weighted by molar-refractivity contribution is -0.124. The van der Waals surface area contributed by atoms with Gasteiger partial charge in [-0.2, -0.15) is 9.78 Å². The van der Waals surface area contributed by atoms with Crippen LogP contribution in [0.5, 0.6) is 0 Å². The summed E-state index contributed by atoms with van der Waals surface area (Å²) < 4.78 is 5.99. The molecule has 0 bridgehead atoms. The fraction of sp³-hybridized carbons (Fsp3) is 0.250. The van der Waals surface area contributed by atoms with Crippen molar-refractivity contribution < 1.29 is 14.3 Å². The smallest absolute Gasteiger partial charge is 0.359 e. The monoisotopic (exact) mass is 315 g/mol. The Balaban J connectivity index is 2.13. The number of rotatable bonds is 5. The second-order valence-corrected chi connectivity index (χ2v) is 5.10. The highest BCUT2D eigenvalue weighted by Gasteiger charge is 2.14. The molecule has 0 atom stereocenters. The van der Waals surface area contributed by atoms with Gasteiger partial charge in [0.2, 0.25) is 0 Å². The molecular weight excluding hydrogens is 298 g/mol. The van der Waals surface area contributed by atoms with Crippen molar-refractivity contribution in [2.75, 3.05) is 6.61 Å². The third-order valence-corrected chi connectivity index (χ3v) is 2.79. The fourth-order valence-electron chi connectivity index (χ4n) is 1.84. The fourth-order valence-corrected chi connectivity index (χ4v) is 1.84. The number of hydrogen-bond donors (Lipinski definition) is 1. The lowest BCUT2D eigenvalue weighted by atomic mass is 10.3. The Labute approximate surface area is 132 Å². The summed E-state index contributed by atoms with van der Waals surface area (Å²) in [4.78, 5) is 35.3. The van der Waals surface area contributed by atoms with Crippen molar-refractivity contribution in [3.8, 4) is 5.69 Å². The predicted molar refractivity (Wildman–Crippen MR) is 83.4 cm³/mol. The normalized spacial score (nSPS) is 10.4. The Kier molecular flexibility index (Phi) is 5.24. The van der Waals surface area contributed by atoms with Gasteiger partial charge in [-0.3, -0.25) is 9.59 Å². The average molecular weight is 315 g/mol. The molecule has 0 aliphatic heterocycles. The van der Waals surface area contributed by atoms with Crippen LogP contribution in [0.1, 0.15) is 24.3 Å². The molecule has 0 saturated carbocycles. The number of para-hydroxylation sites is 1. The van der Waals surface area contributed by atoms with Crippen LogP contribution in [0.15, 0.2) is 47.3 Å². The van der Waals surface area contributed by atoms with Crippen LogP contribution in [0.2, 0.25) is 0 Å². The molecule has 120 valence electrons. The van der Waals surface area contributed by atoms with E-state index in [2.05, 4.69) is 10.4 Å². The van der Waals surface area contributed by atoms with Crippen LogP contribution in [-0.4, -0.2) is 34.3 Å². The molecule has 2 aromatic rings. The first kappa shape index (κ1) is 16.4. The average Bonchev–Trinajstić information content (AvgIpc) is 2.53. The number of hydrogen-bond acceptors (Lipinski definition) is 5. The van der Waals surface area contributed by atoms with Gasteiger partial charge in [-0.05, 0) is 32.0 Å². The number of amides is 1. The van der Waals surface area contributed by atoms with Gasteiger partial charge in [-0.15, -0.1) is 0 Å². The van der Waals surface area contributed by atoms with Gasteiger partial charge in [0.15, 0.2) is 12.3 Å². The Morgan fingerprint density at radius 1 is 1.17 bits per heavy atom. The Morgan fingerprint density at radius 3 is 2.52 bits per heavy atom. The molecule has 1 aromatic heterocycles. The highest BCUT2D eigenvalue weighted by atomic mass is 16.5. The molecule has 2 rings (SSSR count). The lowest BCUT2D eigenvalue weighted by Crippen LogP contribution is -2.34. The van der Waals surface area contributed by atoms with Crippen LogP contribution in [0, 0.1) is 0 Å². The van der Waals surface area contributed by atoms with E-state index in [-0.39, 0.29) is 17.3 Å². The first-order valence-electron chi connectivity index (χ1n) is 7.09. The van der Waals surface area contributed by atoms with Crippen molar-refractivity contribution in [3.05, 3.63) is 58.5 Å². The van der Waals surface area contributed by atoms with E-state index in [0.717, 1.165) is 4.68 Å². The highest BCUT2D eigenvalue weighted by Crippen LogP contribution is 2.03. The maximum absolute atomic E-state index is 11.9. The molecule has 1 aromatic carbocycles. The van der Waals surface area contributed by atoms with Gasteiger partial charge in [0, 0.05) is 12.1 Å². The summed E-state index contributed by atoms with van der Waals surface area (Å²) in [5, 5.41) is 6.58. The maximum atomic E-state index is 11.9. The molecule has 1 N–H and O–H groups in total. The number of ether oxygens (including phenoxy) is 1. The second-order valence-electron chi connectivity index (χ2n) is 5.10. The number of nitrogens with one attached hydrogen (secondary N) is 1. The van der Waals surface area contributed by atoms with E-state index in [0.29, 0.717) is 5.69 Å². The third kappa shape index (κ3) is 4.50. The minimum Gasteiger partial charge on any atom is -0.451 e. The SMILES string of the molecule is CC(C)NC(=O)COC(=O)c1ccc(=O)n(-c2ccccc2)n1. The minimum atomic E-state index is -0.770. The van der Waals surface area contributed by atoms with Crippen LogP contribution in [0.25, 0.3) is 5.69 Å². The molecule has 0 aliphatic carbocycles. The number of carbonyl (C=O) groups excluding carboxylic acids is 2.